The van der Waals surface area contributed by atoms with Gasteiger partial charge in [0.05, 0.1) is 6.54 Å². The van der Waals surface area contributed by atoms with Crippen molar-refractivity contribution in [2.45, 2.75) is 17.1 Å². The molecule has 2 amide bonds. The van der Waals surface area contributed by atoms with Gasteiger partial charge in [0.1, 0.15) is 4.21 Å². The molecule has 132 valence electrons. The van der Waals surface area contributed by atoms with Crippen LogP contribution < -0.4 is 14.9 Å². The first-order valence-electron chi connectivity index (χ1n) is 7.69. The number of carbonyl (C=O) groups is 2. The zero-order valence-corrected chi connectivity index (χ0v) is 14.9. The molecule has 0 atom stereocenters. The molecule has 0 saturated carbocycles. The second-order valence-electron chi connectivity index (χ2n) is 5.50. The highest BCUT2D eigenvalue weighted by molar-refractivity contribution is 7.91. The number of nitrogens with one attached hydrogen (secondary N) is 2. The van der Waals surface area contributed by atoms with E-state index in [-0.39, 0.29) is 16.7 Å². The lowest BCUT2D eigenvalue weighted by Crippen LogP contribution is -2.32. The van der Waals surface area contributed by atoms with E-state index in [2.05, 4.69) is 10.0 Å². The van der Waals surface area contributed by atoms with E-state index in [1.165, 1.54) is 6.07 Å². The number of anilines is 2. The van der Waals surface area contributed by atoms with E-state index in [0.29, 0.717) is 18.7 Å². The minimum absolute atomic E-state index is 0.0970. The van der Waals surface area contributed by atoms with Gasteiger partial charge in [-0.3, -0.25) is 9.59 Å². The minimum atomic E-state index is -3.66. The maximum absolute atomic E-state index is 12.0. The van der Waals surface area contributed by atoms with E-state index in [9.17, 15) is 18.0 Å². The SMILES string of the molecule is O=C(CNS(=O)(=O)c1cccs1)Nc1ccc(N2CCCC2=O)cc1. The Morgan fingerprint density at radius 1 is 1.20 bits per heavy atom. The number of hydrogen-bond donors (Lipinski definition) is 2. The maximum atomic E-state index is 12.0. The van der Waals surface area contributed by atoms with Crippen LogP contribution in [0.5, 0.6) is 0 Å². The average molecular weight is 379 g/mol. The summed E-state index contributed by atoms with van der Waals surface area (Å²) in [5.74, 6) is -0.370. The monoisotopic (exact) mass is 379 g/mol. The first-order chi connectivity index (χ1) is 12.0. The van der Waals surface area contributed by atoms with E-state index in [1.54, 1.807) is 40.6 Å². The summed E-state index contributed by atoms with van der Waals surface area (Å²) in [5.41, 5.74) is 1.33. The Morgan fingerprint density at radius 3 is 2.56 bits per heavy atom. The molecule has 0 aliphatic carbocycles. The van der Waals surface area contributed by atoms with Crippen LogP contribution in [0, 0.1) is 0 Å². The van der Waals surface area contributed by atoms with E-state index < -0.39 is 15.9 Å². The lowest BCUT2D eigenvalue weighted by Gasteiger charge is -2.16. The van der Waals surface area contributed by atoms with Crippen molar-refractivity contribution in [3.8, 4) is 0 Å². The van der Waals surface area contributed by atoms with Crippen molar-refractivity contribution in [2.75, 3.05) is 23.3 Å². The highest BCUT2D eigenvalue weighted by atomic mass is 32.2. The summed E-state index contributed by atoms with van der Waals surface area (Å²) in [6.45, 7) is 0.349. The van der Waals surface area contributed by atoms with Crippen LogP contribution in [0.1, 0.15) is 12.8 Å². The van der Waals surface area contributed by atoms with Gasteiger partial charge in [0.15, 0.2) is 0 Å². The number of hydrogen-bond acceptors (Lipinski definition) is 5. The van der Waals surface area contributed by atoms with Crippen LogP contribution in [0.25, 0.3) is 0 Å². The summed E-state index contributed by atoms with van der Waals surface area (Å²) in [5, 5.41) is 4.28. The highest BCUT2D eigenvalue weighted by Gasteiger charge is 2.21. The molecule has 7 nitrogen and oxygen atoms in total. The third-order valence-corrected chi connectivity index (χ3v) is 6.52. The van der Waals surface area contributed by atoms with Gasteiger partial charge in [0, 0.05) is 24.3 Å². The number of sulfonamides is 1. The molecule has 0 radical (unpaired) electrons. The fraction of sp³-hybridized carbons (Fsp3) is 0.250. The molecule has 2 heterocycles. The van der Waals surface area contributed by atoms with Crippen LogP contribution in [0.4, 0.5) is 11.4 Å². The van der Waals surface area contributed by atoms with Crippen molar-refractivity contribution in [2.24, 2.45) is 0 Å². The molecular formula is C16H17N3O4S2. The standard InChI is InChI=1S/C16H17N3O4S2/c20-14(11-17-25(22,23)16-4-2-10-24-16)18-12-5-7-13(8-6-12)19-9-1-3-15(19)21/h2,4-8,10,17H,1,3,9,11H2,(H,18,20). The van der Waals surface area contributed by atoms with Crippen LogP contribution in [0.15, 0.2) is 46.0 Å². The Kier molecular flexibility index (Phi) is 5.16. The Morgan fingerprint density at radius 2 is 1.96 bits per heavy atom. The number of benzene rings is 1. The van der Waals surface area contributed by atoms with Crippen molar-refractivity contribution in [1.29, 1.82) is 0 Å². The molecular weight excluding hydrogens is 362 g/mol. The summed E-state index contributed by atoms with van der Waals surface area (Å²) >= 11 is 1.08. The van der Waals surface area contributed by atoms with Gasteiger partial charge < -0.3 is 10.2 Å². The van der Waals surface area contributed by atoms with Gasteiger partial charge in [-0.1, -0.05) is 6.07 Å². The van der Waals surface area contributed by atoms with Gasteiger partial charge in [0.2, 0.25) is 11.8 Å². The topological polar surface area (TPSA) is 95.6 Å². The molecule has 2 N–H and O–H groups in total. The number of rotatable bonds is 6. The normalized spacial score (nSPS) is 14.7. The molecule has 1 aromatic carbocycles. The molecule has 0 spiro atoms. The van der Waals surface area contributed by atoms with Crippen LogP contribution in [-0.4, -0.2) is 33.3 Å². The number of amides is 2. The third-order valence-electron chi connectivity index (χ3n) is 3.72. The van der Waals surface area contributed by atoms with Gasteiger partial charge in [-0.05, 0) is 42.1 Å². The predicted molar refractivity (Wildman–Crippen MR) is 96.2 cm³/mol. The number of carbonyl (C=O) groups excluding carboxylic acids is 2. The van der Waals surface area contributed by atoms with Crippen molar-refractivity contribution in [3.05, 3.63) is 41.8 Å². The van der Waals surface area contributed by atoms with Crippen molar-refractivity contribution in [3.63, 3.8) is 0 Å². The van der Waals surface area contributed by atoms with E-state index in [4.69, 9.17) is 0 Å². The zero-order valence-electron chi connectivity index (χ0n) is 13.3. The van der Waals surface area contributed by atoms with Gasteiger partial charge in [-0.15, -0.1) is 11.3 Å². The van der Waals surface area contributed by atoms with E-state index in [1.807, 2.05) is 0 Å². The lowest BCUT2D eigenvalue weighted by atomic mass is 10.2. The molecule has 1 aliphatic rings. The van der Waals surface area contributed by atoms with Crippen molar-refractivity contribution in [1.82, 2.24) is 4.72 Å². The molecule has 1 saturated heterocycles. The van der Waals surface area contributed by atoms with Crippen LogP contribution in [0.3, 0.4) is 0 Å². The molecule has 0 unspecified atom stereocenters. The number of nitrogens with zero attached hydrogens (tertiary/aromatic N) is 1. The summed E-state index contributed by atoms with van der Waals surface area (Å²) in [6.07, 6.45) is 1.41. The first-order valence-corrected chi connectivity index (χ1v) is 10.1. The fourth-order valence-electron chi connectivity index (χ4n) is 2.50. The second kappa shape index (κ2) is 7.34. The van der Waals surface area contributed by atoms with E-state index >= 15 is 0 Å². The Balaban J connectivity index is 1.55. The predicted octanol–water partition coefficient (Wildman–Crippen LogP) is 1.79. The number of thiophene rings is 1. The quantitative estimate of drug-likeness (QED) is 0.800. The summed E-state index contributed by atoms with van der Waals surface area (Å²) in [4.78, 5) is 25.3. The first kappa shape index (κ1) is 17.6. The molecule has 2 aromatic rings. The molecule has 1 fully saturated rings. The van der Waals surface area contributed by atoms with E-state index in [0.717, 1.165) is 23.4 Å². The Bertz CT molecular complexity index is 861. The summed E-state index contributed by atoms with van der Waals surface area (Å²) in [7, 11) is -3.66. The fourth-order valence-corrected chi connectivity index (χ4v) is 4.52. The molecule has 9 heteroatoms. The van der Waals surface area contributed by atoms with Gasteiger partial charge in [-0.2, -0.15) is 0 Å². The van der Waals surface area contributed by atoms with Crippen LogP contribution in [-0.2, 0) is 19.6 Å². The Labute approximate surface area is 149 Å². The van der Waals surface area contributed by atoms with Crippen molar-refractivity contribution < 1.29 is 18.0 Å². The largest absolute Gasteiger partial charge is 0.325 e. The van der Waals surface area contributed by atoms with Crippen LogP contribution >= 0.6 is 11.3 Å². The zero-order chi connectivity index (χ0) is 17.9. The van der Waals surface area contributed by atoms with Crippen LogP contribution in [0.2, 0.25) is 0 Å². The second-order valence-corrected chi connectivity index (χ2v) is 8.44. The summed E-state index contributed by atoms with van der Waals surface area (Å²) < 4.78 is 26.3. The highest BCUT2D eigenvalue weighted by Crippen LogP contribution is 2.23. The van der Waals surface area contributed by atoms with Gasteiger partial charge in [0.25, 0.3) is 10.0 Å². The maximum Gasteiger partial charge on any atom is 0.250 e. The minimum Gasteiger partial charge on any atom is -0.325 e. The lowest BCUT2D eigenvalue weighted by molar-refractivity contribution is -0.117. The van der Waals surface area contributed by atoms with Crippen molar-refractivity contribution >= 4 is 44.5 Å². The Hall–Kier alpha value is -2.23. The van der Waals surface area contributed by atoms with Gasteiger partial charge in [-0.25, -0.2) is 13.1 Å². The molecule has 25 heavy (non-hydrogen) atoms. The average Bonchev–Trinajstić information content (AvgIpc) is 3.26. The molecule has 1 aliphatic heterocycles. The smallest absolute Gasteiger partial charge is 0.250 e. The molecule has 1 aromatic heterocycles. The van der Waals surface area contributed by atoms with Gasteiger partial charge >= 0.3 is 0 Å². The molecule has 3 rings (SSSR count). The third kappa shape index (κ3) is 4.25. The molecule has 0 bridgehead atoms. The summed E-state index contributed by atoms with van der Waals surface area (Å²) in [6, 6.07) is 10.00.